The van der Waals surface area contributed by atoms with Crippen molar-refractivity contribution in [2.24, 2.45) is 0 Å². The highest BCUT2D eigenvalue weighted by Crippen LogP contribution is 2.17. The van der Waals surface area contributed by atoms with E-state index in [0.29, 0.717) is 0 Å². The van der Waals surface area contributed by atoms with Gasteiger partial charge in [0.05, 0.1) is 22.4 Å². The molecule has 1 saturated heterocycles. The van der Waals surface area contributed by atoms with Crippen molar-refractivity contribution in [3.63, 3.8) is 0 Å². The maximum atomic E-state index is 4.83. The molecule has 0 atom stereocenters. The van der Waals surface area contributed by atoms with Crippen molar-refractivity contribution >= 4 is 22.4 Å². The van der Waals surface area contributed by atoms with Crippen LogP contribution in [0.2, 0.25) is 0 Å². The number of hydrogen-bond acceptors (Lipinski definition) is 5. The Labute approximate surface area is 146 Å². The van der Waals surface area contributed by atoms with Gasteiger partial charge in [-0.3, -0.25) is 9.80 Å². The number of nitrogens with zero attached hydrogens (tertiary/aromatic N) is 4. The van der Waals surface area contributed by atoms with Crippen molar-refractivity contribution in [2.45, 2.75) is 20.0 Å². The Kier molecular flexibility index (Phi) is 4.56. The van der Waals surface area contributed by atoms with Gasteiger partial charge in [0.15, 0.2) is 0 Å². The standard InChI is InChI=1S/C19H22N4S/c1-15-19(21-18-7-3-2-6-17(18)20-15)14-23-10-8-22(9-11-23)13-16-5-4-12-24-16/h2-7,12H,8-11,13-14H2,1H3. The first-order chi connectivity index (χ1) is 11.8. The smallest absolute Gasteiger partial charge is 0.0890 e. The first-order valence-electron chi connectivity index (χ1n) is 8.47. The number of hydrogen-bond donors (Lipinski definition) is 0. The van der Waals surface area contributed by atoms with E-state index >= 15 is 0 Å². The average molecular weight is 338 g/mol. The molecule has 124 valence electrons. The molecule has 4 rings (SSSR count). The number of thiophene rings is 1. The van der Waals surface area contributed by atoms with E-state index in [4.69, 9.17) is 9.97 Å². The summed E-state index contributed by atoms with van der Waals surface area (Å²) in [5.41, 5.74) is 4.14. The van der Waals surface area contributed by atoms with Crippen molar-refractivity contribution in [3.05, 3.63) is 58.0 Å². The second kappa shape index (κ2) is 6.97. The molecule has 0 unspecified atom stereocenters. The van der Waals surface area contributed by atoms with Crippen LogP contribution in [0.4, 0.5) is 0 Å². The minimum atomic E-state index is 0.899. The lowest BCUT2D eigenvalue weighted by atomic mass is 10.2. The van der Waals surface area contributed by atoms with Gasteiger partial charge in [0.25, 0.3) is 0 Å². The highest BCUT2D eigenvalue weighted by atomic mass is 32.1. The lowest BCUT2D eigenvalue weighted by Crippen LogP contribution is -2.45. The van der Waals surface area contributed by atoms with E-state index in [1.807, 2.05) is 35.6 Å². The monoisotopic (exact) mass is 338 g/mol. The zero-order valence-corrected chi connectivity index (χ0v) is 14.8. The van der Waals surface area contributed by atoms with Crippen LogP contribution in [-0.2, 0) is 13.1 Å². The lowest BCUT2D eigenvalue weighted by molar-refractivity contribution is 0.121. The number of rotatable bonds is 4. The minimum Gasteiger partial charge on any atom is -0.296 e. The number of fused-ring (bicyclic) bond motifs is 1. The lowest BCUT2D eigenvalue weighted by Gasteiger charge is -2.34. The summed E-state index contributed by atoms with van der Waals surface area (Å²) in [5.74, 6) is 0. The quantitative estimate of drug-likeness (QED) is 0.730. The van der Waals surface area contributed by atoms with Gasteiger partial charge in [0.1, 0.15) is 0 Å². The molecule has 4 nitrogen and oxygen atoms in total. The fourth-order valence-electron chi connectivity index (χ4n) is 3.21. The van der Waals surface area contributed by atoms with Crippen LogP contribution < -0.4 is 0 Å². The van der Waals surface area contributed by atoms with E-state index in [2.05, 4.69) is 34.2 Å². The molecule has 0 aliphatic carbocycles. The summed E-state index contributed by atoms with van der Waals surface area (Å²) in [6, 6.07) is 12.5. The van der Waals surface area contributed by atoms with E-state index in [9.17, 15) is 0 Å². The molecule has 24 heavy (non-hydrogen) atoms. The van der Waals surface area contributed by atoms with Crippen LogP contribution in [-0.4, -0.2) is 45.9 Å². The van der Waals surface area contributed by atoms with E-state index < -0.39 is 0 Å². The van der Waals surface area contributed by atoms with Crippen LogP contribution in [0, 0.1) is 6.92 Å². The van der Waals surface area contributed by atoms with Crippen LogP contribution in [0.15, 0.2) is 41.8 Å². The Morgan fingerprint density at radius 1 is 0.875 bits per heavy atom. The number of para-hydroxylation sites is 2. The Morgan fingerprint density at radius 3 is 2.21 bits per heavy atom. The molecule has 0 N–H and O–H groups in total. The molecular weight excluding hydrogens is 316 g/mol. The maximum Gasteiger partial charge on any atom is 0.0890 e. The molecule has 2 aromatic heterocycles. The molecule has 0 saturated carbocycles. The van der Waals surface area contributed by atoms with Crippen LogP contribution in [0.3, 0.4) is 0 Å². The van der Waals surface area contributed by atoms with Gasteiger partial charge < -0.3 is 0 Å². The molecule has 1 aliphatic rings. The predicted molar refractivity (Wildman–Crippen MR) is 99.1 cm³/mol. The van der Waals surface area contributed by atoms with Gasteiger partial charge in [0.2, 0.25) is 0 Å². The van der Waals surface area contributed by atoms with Crippen LogP contribution in [0.1, 0.15) is 16.3 Å². The van der Waals surface area contributed by atoms with Crippen molar-refractivity contribution in [2.75, 3.05) is 26.2 Å². The van der Waals surface area contributed by atoms with Crippen molar-refractivity contribution in [1.82, 2.24) is 19.8 Å². The van der Waals surface area contributed by atoms with E-state index in [0.717, 1.165) is 61.7 Å². The Hall–Kier alpha value is -1.82. The van der Waals surface area contributed by atoms with E-state index in [1.165, 1.54) is 4.88 Å². The van der Waals surface area contributed by atoms with Crippen molar-refractivity contribution < 1.29 is 0 Å². The second-order valence-corrected chi connectivity index (χ2v) is 7.41. The summed E-state index contributed by atoms with van der Waals surface area (Å²) in [4.78, 5) is 16.0. The fraction of sp³-hybridized carbons (Fsp3) is 0.368. The van der Waals surface area contributed by atoms with Gasteiger partial charge in [-0.1, -0.05) is 18.2 Å². The van der Waals surface area contributed by atoms with Crippen LogP contribution >= 0.6 is 11.3 Å². The van der Waals surface area contributed by atoms with Crippen LogP contribution in [0.25, 0.3) is 11.0 Å². The van der Waals surface area contributed by atoms with Gasteiger partial charge in [-0.2, -0.15) is 0 Å². The molecule has 1 aromatic carbocycles. The van der Waals surface area contributed by atoms with E-state index in [1.54, 1.807) is 0 Å². The highest BCUT2D eigenvalue weighted by Gasteiger charge is 2.18. The normalized spacial score (nSPS) is 16.7. The van der Waals surface area contributed by atoms with Gasteiger partial charge in [-0.05, 0) is 30.5 Å². The summed E-state index contributed by atoms with van der Waals surface area (Å²) >= 11 is 1.85. The van der Waals surface area contributed by atoms with E-state index in [-0.39, 0.29) is 0 Å². The topological polar surface area (TPSA) is 32.3 Å². The highest BCUT2D eigenvalue weighted by molar-refractivity contribution is 7.09. The Morgan fingerprint density at radius 2 is 1.54 bits per heavy atom. The molecule has 0 bridgehead atoms. The zero-order valence-electron chi connectivity index (χ0n) is 14.0. The summed E-state index contributed by atoms with van der Waals surface area (Å²) in [5, 5.41) is 2.16. The van der Waals surface area contributed by atoms with Crippen molar-refractivity contribution in [1.29, 1.82) is 0 Å². The number of aromatic nitrogens is 2. The summed E-state index contributed by atoms with van der Waals surface area (Å²) < 4.78 is 0. The number of aryl methyl sites for hydroxylation is 1. The van der Waals surface area contributed by atoms with Crippen molar-refractivity contribution in [3.8, 4) is 0 Å². The third kappa shape index (κ3) is 3.48. The SMILES string of the molecule is Cc1nc2ccccc2nc1CN1CCN(Cc2cccs2)CC1. The van der Waals surface area contributed by atoms with Gasteiger partial charge in [0, 0.05) is 44.1 Å². The fourth-order valence-corrected chi connectivity index (χ4v) is 3.96. The molecule has 1 aliphatic heterocycles. The van der Waals surface area contributed by atoms with Gasteiger partial charge >= 0.3 is 0 Å². The molecule has 0 amide bonds. The summed E-state index contributed by atoms with van der Waals surface area (Å²) in [7, 11) is 0. The molecule has 3 heterocycles. The first kappa shape index (κ1) is 15.7. The molecule has 0 spiro atoms. The predicted octanol–water partition coefficient (Wildman–Crippen LogP) is 3.32. The molecule has 1 fully saturated rings. The first-order valence-corrected chi connectivity index (χ1v) is 9.35. The third-order valence-corrected chi connectivity index (χ3v) is 5.50. The number of piperazine rings is 1. The maximum absolute atomic E-state index is 4.83. The minimum absolute atomic E-state index is 0.899. The average Bonchev–Trinajstić information content (AvgIpc) is 3.10. The summed E-state index contributed by atoms with van der Waals surface area (Å²) in [6.07, 6.45) is 0. The largest absolute Gasteiger partial charge is 0.296 e. The third-order valence-electron chi connectivity index (χ3n) is 4.64. The van der Waals surface area contributed by atoms with Gasteiger partial charge in [-0.25, -0.2) is 9.97 Å². The number of benzene rings is 1. The molecule has 5 heteroatoms. The Balaban J connectivity index is 1.39. The molecule has 0 radical (unpaired) electrons. The molecule has 3 aromatic rings. The van der Waals surface area contributed by atoms with Crippen LogP contribution in [0.5, 0.6) is 0 Å². The second-order valence-electron chi connectivity index (χ2n) is 6.38. The Bertz CT molecular complexity index is 807. The zero-order chi connectivity index (χ0) is 16.4. The summed E-state index contributed by atoms with van der Waals surface area (Å²) in [6.45, 7) is 8.49. The van der Waals surface area contributed by atoms with Gasteiger partial charge in [-0.15, -0.1) is 11.3 Å². The molecular formula is C19H22N4S.